The molecule has 1 aromatic rings. The van der Waals surface area contributed by atoms with E-state index in [-0.39, 0.29) is 5.91 Å². The molecule has 1 heterocycles. The van der Waals surface area contributed by atoms with E-state index in [1.807, 2.05) is 11.9 Å². The average Bonchev–Trinajstić information content (AvgIpc) is 3.11. The molecule has 1 aliphatic rings. The van der Waals surface area contributed by atoms with E-state index in [2.05, 4.69) is 24.1 Å². The largest absolute Gasteiger partial charge is 0.382 e. The summed E-state index contributed by atoms with van der Waals surface area (Å²) in [5.74, 6) is 0.252. The van der Waals surface area contributed by atoms with Crippen LogP contribution in [0.5, 0.6) is 0 Å². The topological polar surface area (TPSA) is 71.2 Å². The maximum atomic E-state index is 12.2. The van der Waals surface area contributed by atoms with Crippen molar-refractivity contribution in [3.8, 4) is 0 Å². The first kappa shape index (κ1) is 15.1. The molecule has 1 aliphatic carbocycles. The number of carbonyl (C=O) groups is 1. The van der Waals surface area contributed by atoms with E-state index in [0.717, 1.165) is 31.1 Å². The summed E-state index contributed by atoms with van der Waals surface area (Å²) in [6.07, 6.45) is 4.59. The Bertz CT molecular complexity index is 482. The van der Waals surface area contributed by atoms with Gasteiger partial charge in [-0.2, -0.15) is 0 Å². The Balaban J connectivity index is 1.99. The van der Waals surface area contributed by atoms with Gasteiger partial charge >= 0.3 is 0 Å². The van der Waals surface area contributed by atoms with Gasteiger partial charge in [0.1, 0.15) is 10.7 Å². The molecule has 0 atom stereocenters. The minimum Gasteiger partial charge on any atom is -0.382 e. The van der Waals surface area contributed by atoms with Crippen LogP contribution in [0.2, 0.25) is 0 Å². The number of thiazole rings is 1. The van der Waals surface area contributed by atoms with Crippen molar-refractivity contribution in [2.24, 2.45) is 5.41 Å². The van der Waals surface area contributed by atoms with Gasteiger partial charge in [-0.3, -0.25) is 4.79 Å². The molecule has 5 nitrogen and oxygen atoms in total. The smallest absolute Gasteiger partial charge is 0.265 e. The second-order valence-corrected chi connectivity index (χ2v) is 6.65. The van der Waals surface area contributed by atoms with E-state index >= 15 is 0 Å². The van der Waals surface area contributed by atoms with E-state index in [9.17, 15) is 4.79 Å². The highest BCUT2D eigenvalue weighted by Gasteiger charge is 2.40. The SMILES string of the molecule is CCCN(C)c1nc(N)c(C(=O)NCC2(CC)CC2)s1. The number of anilines is 2. The van der Waals surface area contributed by atoms with Gasteiger partial charge in [-0.05, 0) is 31.1 Å². The molecule has 20 heavy (non-hydrogen) atoms. The maximum Gasteiger partial charge on any atom is 0.265 e. The first-order valence-electron chi connectivity index (χ1n) is 7.27. The third-order valence-corrected chi connectivity index (χ3v) is 5.25. The third-order valence-electron chi connectivity index (χ3n) is 4.06. The zero-order valence-electron chi connectivity index (χ0n) is 12.5. The lowest BCUT2D eigenvalue weighted by molar-refractivity contribution is 0.0949. The summed E-state index contributed by atoms with van der Waals surface area (Å²) in [5, 5.41) is 3.82. The van der Waals surface area contributed by atoms with Gasteiger partial charge in [0.25, 0.3) is 5.91 Å². The molecule has 2 rings (SSSR count). The van der Waals surface area contributed by atoms with Crippen LogP contribution >= 0.6 is 11.3 Å². The van der Waals surface area contributed by atoms with Crippen molar-refractivity contribution in [2.75, 3.05) is 30.8 Å². The Morgan fingerprint density at radius 2 is 2.20 bits per heavy atom. The average molecular weight is 296 g/mol. The number of carbonyl (C=O) groups excluding carboxylic acids is 1. The molecular formula is C14H24N4OS. The van der Waals surface area contributed by atoms with Crippen LogP contribution in [0.4, 0.5) is 10.9 Å². The second kappa shape index (κ2) is 5.99. The normalized spacial score (nSPS) is 15.9. The van der Waals surface area contributed by atoms with Crippen molar-refractivity contribution >= 4 is 28.2 Å². The van der Waals surface area contributed by atoms with Crippen molar-refractivity contribution in [3.05, 3.63) is 4.88 Å². The van der Waals surface area contributed by atoms with Crippen LogP contribution in [-0.4, -0.2) is 31.0 Å². The highest BCUT2D eigenvalue weighted by atomic mass is 32.1. The third kappa shape index (κ3) is 3.23. The van der Waals surface area contributed by atoms with Crippen LogP contribution in [0.15, 0.2) is 0 Å². The molecule has 0 aromatic carbocycles. The summed E-state index contributed by atoms with van der Waals surface area (Å²) >= 11 is 1.37. The molecule has 1 fully saturated rings. The minimum atomic E-state index is -0.0872. The molecule has 0 unspecified atom stereocenters. The molecule has 0 spiro atoms. The molecule has 0 aliphatic heterocycles. The van der Waals surface area contributed by atoms with Crippen molar-refractivity contribution in [1.82, 2.24) is 10.3 Å². The van der Waals surface area contributed by atoms with Crippen LogP contribution in [-0.2, 0) is 0 Å². The molecule has 1 saturated carbocycles. The fourth-order valence-corrected chi connectivity index (χ4v) is 3.15. The zero-order chi connectivity index (χ0) is 14.8. The number of hydrogen-bond donors (Lipinski definition) is 2. The molecule has 6 heteroatoms. The van der Waals surface area contributed by atoms with Crippen molar-refractivity contribution in [2.45, 2.75) is 39.5 Å². The number of nitrogens with zero attached hydrogens (tertiary/aromatic N) is 2. The van der Waals surface area contributed by atoms with E-state index in [4.69, 9.17) is 5.73 Å². The van der Waals surface area contributed by atoms with Gasteiger partial charge in [-0.15, -0.1) is 0 Å². The summed E-state index contributed by atoms with van der Waals surface area (Å²) in [6.45, 7) is 5.95. The lowest BCUT2D eigenvalue weighted by Crippen LogP contribution is -2.29. The van der Waals surface area contributed by atoms with Gasteiger partial charge in [-0.25, -0.2) is 4.98 Å². The predicted molar refractivity (Wildman–Crippen MR) is 84.4 cm³/mol. The molecule has 1 amide bonds. The van der Waals surface area contributed by atoms with E-state index < -0.39 is 0 Å². The molecule has 0 bridgehead atoms. The Hall–Kier alpha value is -1.30. The van der Waals surface area contributed by atoms with Gasteiger partial charge < -0.3 is 16.0 Å². The fraction of sp³-hybridized carbons (Fsp3) is 0.714. The standard InChI is InChI=1S/C14H24N4OS/c1-4-8-18(3)13-17-11(15)10(20-13)12(19)16-9-14(5-2)6-7-14/h4-9,15H2,1-3H3,(H,16,19). The Morgan fingerprint density at radius 3 is 2.75 bits per heavy atom. The monoisotopic (exact) mass is 296 g/mol. The van der Waals surface area contributed by atoms with Gasteiger partial charge in [0.15, 0.2) is 5.13 Å². The van der Waals surface area contributed by atoms with Gasteiger partial charge in [0.05, 0.1) is 0 Å². The number of nitrogens with one attached hydrogen (secondary N) is 1. The maximum absolute atomic E-state index is 12.2. The quantitative estimate of drug-likeness (QED) is 0.811. The van der Waals surface area contributed by atoms with E-state index in [0.29, 0.717) is 16.1 Å². The molecule has 112 valence electrons. The molecule has 3 N–H and O–H groups in total. The molecular weight excluding hydrogens is 272 g/mol. The fourth-order valence-electron chi connectivity index (χ4n) is 2.26. The second-order valence-electron chi connectivity index (χ2n) is 5.67. The van der Waals surface area contributed by atoms with E-state index in [1.165, 1.54) is 24.2 Å². The summed E-state index contributed by atoms with van der Waals surface area (Å²) in [5.41, 5.74) is 6.22. The number of nitrogens with two attached hydrogens (primary N) is 1. The lowest BCUT2D eigenvalue weighted by Gasteiger charge is -2.13. The van der Waals surface area contributed by atoms with Crippen LogP contribution in [0.25, 0.3) is 0 Å². The number of hydrogen-bond acceptors (Lipinski definition) is 5. The predicted octanol–water partition coefficient (Wildman–Crippen LogP) is 2.49. The number of nitrogen functional groups attached to an aromatic ring is 1. The Kier molecular flexibility index (Phi) is 4.52. The van der Waals surface area contributed by atoms with Crippen LogP contribution in [0.1, 0.15) is 49.2 Å². The first-order chi connectivity index (χ1) is 9.51. The number of aromatic nitrogens is 1. The lowest BCUT2D eigenvalue weighted by atomic mass is 10.0. The van der Waals surface area contributed by atoms with E-state index in [1.54, 1.807) is 0 Å². The summed E-state index contributed by atoms with van der Waals surface area (Å²) in [4.78, 5) is 19.1. The van der Waals surface area contributed by atoms with Crippen LogP contribution in [0.3, 0.4) is 0 Å². The summed E-state index contributed by atoms with van der Waals surface area (Å²) in [6, 6.07) is 0. The highest BCUT2D eigenvalue weighted by molar-refractivity contribution is 7.18. The molecule has 0 radical (unpaired) electrons. The van der Waals surface area contributed by atoms with Gasteiger partial charge in [0, 0.05) is 20.1 Å². The highest BCUT2D eigenvalue weighted by Crippen LogP contribution is 2.47. The Labute approximate surface area is 124 Å². The van der Waals surface area contributed by atoms with Crippen molar-refractivity contribution < 1.29 is 4.79 Å². The molecule has 0 saturated heterocycles. The Morgan fingerprint density at radius 1 is 1.50 bits per heavy atom. The zero-order valence-corrected chi connectivity index (χ0v) is 13.3. The number of rotatable bonds is 7. The van der Waals surface area contributed by atoms with Crippen molar-refractivity contribution in [1.29, 1.82) is 0 Å². The number of amides is 1. The summed E-state index contributed by atoms with van der Waals surface area (Å²) < 4.78 is 0. The summed E-state index contributed by atoms with van der Waals surface area (Å²) in [7, 11) is 1.97. The van der Waals surface area contributed by atoms with Gasteiger partial charge in [0.2, 0.25) is 0 Å². The van der Waals surface area contributed by atoms with Crippen LogP contribution < -0.4 is 16.0 Å². The molecule has 1 aromatic heterocycles. The van der Waals surface area contributed by atoms with Crippen LogP contribution in [0, 0.1) is 5.41 Å². The van der Waals surface area contributed by atoms with Gasteiger partial charge in [-0.1, -0.05) is 25.2 Å². The van der Waals surface area contributed by atoms with Crippen molar-refractivity contribution in [3.63, 3.8) is 0 Å². The minimum absolute atomic E-state index is 0.0872. The first-order valence-corrected chi connectivity index (χ1v) is 8.08.